The molecule has 0 atom stereocenters. The van der Waals surface area contributed by atoms with Crippen molar-refractivity contribution in [1.29, 1.82) is 0 Å². The van der Waals surface area contributed by atoms with E-state index in [-0.39, 0.29) is 0 Å². The maximum Gasteiger partial charge on any atom is 0.213 e. The van der Waals surface area contributed by atoms with Crippen molar-refractivity contribution >= 4 is 0 Å². The monoisotopic (exact) mass is 234 g/mol. The second-order valence-electron chi connectivity index (χ2n) is 5.12. The molecule has 0 N–H and O–H groups in total. The van der Waals surface area contributed by atoms with Crippen LogP contribution in [-0.2, 0) is 6.54 Å². The topological polar surface area (TPSA) is 25.4 Å². The molecule has 1 aromatic rings. The smallest absolute Gasteiger partial charge is 0.213 e. The van der Waals surface area contributed by atoms with E-state index in [0.29, 0.717) is 6.10 Å². The Morgan fingerprint density at radius 1 is 1.29 bits per heavy atom. The lowest BCUT2D eigenvalue weighted by Crippen LogP contribution is -2.20. The molecule has 94 valence electrons. The van der Waals surface area contributed by atoms with Crippen molar-refractivity contribution < 1.29 is 4.74 Å². The van der Waals surface area contributed by atoms with Crippen LogP contribution < -0.4 is 4.74 Å². The molecule has 1 aromatic heterocycles. The number of hydrogen-bond acceptors (Lipinski definition) is 3. The first-order chi connectivity index (χ1) is 8.24. The summed E-state index contributed by atoms with van der Waals surface area (Å²) in [7, 11) is 4.14. The number of nitrogens with zero attached hydrogens (tertiary/aromatic N) is 2. The van der Waals surface area contributed by atoms with Crippen molar-refractivity contribution in [3.05, 3.63) is 23.9 Å². The Labute approximate surface area is 104 Å². The summed E-state index contributed by atoms with van der Waals surface area (Å²) in [5, 5.41) is 0. The van der Waals surface area contributed by atoms with E-state index in [1.807, 2.05) is 12.3 Å². The summed E-state index contributed by atoms with van der Waals surface area (Å²) >= 11 is 0. The Kier molecular flexibility index (Phi) is 4.37. The van der Waals surface area contributed by atoms with Crippen LogP contribution in [0.1, 0.15) is 37.7 Å². The highest BCUT2D eigenvalue weighted by Gasteiger charge is 2.15. The van der Waals surface area contributed by atoms with Gasteiger partial charge in [0.15, 0.2) is 0 Å². The molecule has 3 nitrogen and oxygen atoms in total. The molecule has 0 saturated heterocycles. The standard InChI is InChI=1S/C14H22N2O/c1-16(2)11-12-8-9-15-14(10-12)17-13-6-4-3-5-7-13/h8-10,13H,3-7,11H2,1-2H3. The Hall–Kier alpha value is -1.09. The minimum absolute atomic E-state index is 0.380. The van der Waals surface area contributed by atoms with Crippen molar-refractivity contribution in [3.8, 4) is 5.88 Å². The van der Waals surface area contributed by atoms with Crippen molar-refractivity contribution in [1.82, 2.24) is 9.88 Å². The van der Waals surface area contributed by atoms with Crippen LogP contribution in [0, 0.1) is 0 Å². The van der Waals surface area contributed by atoms with Crippen LogP contribution >= 0.6 is 0 Å². The molecule has 0 spiro atoms. The van der Waals surface area contributed by atoms with E-state index in [9.17, 15) is 0 Å². The van der Waals surface area contributed by atoms with Gasteiger partial charge in [0.2, 0.25) is 5.88 Å². The number of rotatable bonds is 4. The van der Waals surface area contributed by atoms with E-state index < -0.39 is 0 Å². The number of pyridine rings is 1. The predicted octanol–water partition coefficient (Wildman–Crippen LogP) is 2.85. The van der Waals surface area contributed by atoms with E-state index in [2.05, 4.69) is 30.0 Å². The lowest BCUT2D eigenvalue weighted by atomic mass is 9.98. The molecule has 0 radical (unpaired) electrons. The fraction of sp³-hybridized carbons (Fsp3) is 0.643. The summed E-state index contributed by atoms with van der Waals surface area (Å²) in [6.45, 7) is 0.934. The van der Waals surface area contributed by atoms with Gasteiger partial charge < -0.3 is 9.64 Å². The van der Waals surface area contributed by atoms with Crippen LogP contribution in [0.15, 0.2) is 18.3 Å². The predicted molar refractivity (Wildman–Crippen MR) is 69.1 cm³/mol. The fourth-order valence-corrected chi connectivity index (χ4v) is 2.33. The summed E-state index contributed by atoms with van der Waals surface area (Å²) in [6.07, 6.45) is 8.53. The van der Waals surface area contributed by atoms with Crippen molar-refractivity contribution in [2.24, 2.45) is 0 Å². The number of ether oxygens (including phenoxy) is 1. The third kappa shape index (κ3) is 4.00. The van der Waals surface area contributed by atoms with Crippen LogP contribution in [0.25, 0.3) is 0 Å². The Balaban J connectivity index is 1.95. The largest absolute Gasteiger partial charge is 0.474 e. The zero-order chi connectivity index (χ0) is 12.1. The van der Waals surface area contributed by atoms with Gasteiger partial charge in [0, 0.05) is 18.8 Å². The summed E-state index contributed by atoms with van der Waals surface area (Å²) in [5.74, 6) is 0.788. The Morgan fingerprint density at radius 2 is 2.06 bits per heavy atom. The summed E-state index contributed by atoms with van der Waals surface area (Å²) in [4.78, 5) is 6.45. The summed E-state index contributed by atoms with van der Waals surface area (Å²) in [6, 6.07) is 4.11. The van der Waals surface area contributed by atoms with Crippen LogP contribution in [0.5, 0.6) is 5.88 Å². The molecular formula is C14H22N2O. The highest BCUT2D eigenvalue weighted by molar-refractivity contribution is 5.20. The lowest BCUT2D eigenvalue weighted by Gasteiger charge is -2.22. The number of hydrogen-bond donors (Lipinski definition) is 0. The number of aromatic nitrogens is 1. The van der Waals surface area contributed by atoms with Crippen molar-refractivity contribution in [2.75, 3.05) is 14.1 Å². The van der Waals surface area contributed by atoms with Gasteiger partial charge in [-0.3, -0.25) is 0 Å². The summed E-state index contributed by atoms with van der Waals surface area (Å²) in [5.41, 5.74) is 1.26. The molecule has 17 heavy (non-hydrogen) atoms. The van der Waals surface area contributed by atoms with Crippen LogP contribution in [0.4, 0.5) is 0 Å². The molecule has 0 bridgehead atoms. The first kappa shape index (κ1) is 12.4. The average molecular weight is 234 g/mol. The molecule has 0 amide bonds. The second kappa shape index (κ2) is 6.01. The maximum absolute atomic E-state index is 5.95. The molecular weight excluding hydrogens is 212 g/mol. The average Bonchev–Trinajstić information content (AvgIpc) is 2.30. The van der Waals surface area contributed by atoms with Crippen LogP contribution in [-0.4, -0.2) is 30.1 Å². The third-order valence-electron chi connectivity index (χ3n) is 3.14. The quantitative estimate of drug-likeness (QED) is 0.801. The van der Waals surface area contributed by atoms with E-state index in [1.165, 1.54) is 37.7 Å². The Bertz CT molecular complexity index is 346. The van der Waals surface area contributed by atoms with Gasteiger partial charge in [-0.15, -0.1) is 0 Å². The van der Waals surface area contributed by atoms with Gasteiger partial charge in [-0.1, -0.05) is 6.42 Å². The second-order valence-corrected chi connectivity index (χ2v) is 5.12. The van der Waals surface area contributed by atoms with Crippen molar-refractivity contribution in [2.45, 2.75) is 44.8 Å². The van der Waals surface area contributed by atoms with Gasteiger partial charge >= 0.3 is 0 Å². The molecule has 0 aliphatic heterocycles. The van der Waals surface area contributed by atoms with E-state index >= 15 is 0 Å². The zero-order valence-corrected chi connectivity index (χ0v) is 10.9. The zero-order valence-electron chi connectivity index (χ0n) is 10.9. The molecule has 0 aromatic carbocycles. The van der Waals surface area contributed by atoms with Gasteiger partial charge in [0.05, 0.1) is 0 Å². The molecule has 1 aliphatic carbocycles. The molecule has 2 rings (SSSR count). The van der Waals surface area contributed by atoms with Crippen LogP contribution in [0.3, 0.4) is 0 Å². The highest BCUT2D eigenvalue weighted by atomic mass is 16.5. The minimum atomic E-state index is 0.380. The first-order valence-electron chi connectivity index (χ1n) is 6.50. The first-order valence-corrected chi connectivity index (χ1v) is 6.50. The van der Waals surface area contributed by atoms with Crippen molar-refractivity contribution in [3.63, 3.8) is 0 Å². The summed E-state index contributed by atoms with van der Waals surface area (Å²) < 4.78 is 5.95. The Morgan fingerprint density at radius 3 is 2.76 bits per heavy atom. The molecule has 3 heteroatoms. The molecule has 1 saturated carbocycles. The molecule has 0 unspecified atom stereocenters. The third-order valence-corrected chi connectivity index (χ3v) is 3.14. The molecule has 1 heterocycles. The van der Waals surface area contributed by atoms with E-state index in [1.54, 1.807) is 0 Å². The normalized spacial score (nSPS) is 17.4. The van der Waals surface area contributed by atoms with Gasteiger partial charge in [-0.25, -0.2) is 4.98 Å². The van der Waals surface area contributed by atoms with Gasteiger partial charge in [-0.2, -0.15) is 0 Å². The lowest BCUT2D eigenvalue weighted by molar-refractivity contribution is 0.148. The highest BCUT2D eigenvalue weighted by Crippen LogP contribution is 2.22. The van der Waals surface area contributed by atoms with E-state index in [4.69, 9.17) is 4.74 Å². The van der Waals surface area contributed by atoms with Gasteiger partial charge in [0.25, 0.3) is 0 Å². The molecule has 1 aliphatic rings. The van der Waals surface area contributed by atoms with Gasteiger partial charge in [-0.05, 0) is 51.4 Å². The van der Waals surface area contributed by atoms with Crippen LogP contribution in [0.2, 0.25) is 0 Å². The molecule has 1 fully saturated rings. The van der Waals surface area contributed by atoms with E-state index in [0.717, 1.165) is 12.4 Å². The SMILES string of the molecule is CN(C)Cc1ccnc(OC2CCCCC2)c1. The van der Waals surface area contributed by atoms with Gasteiger partial charge in [0.1, 0.15) is 6.10 Å². The maximum atomic E-state index is 5.95. The fourth-order valence-electron chi connectivity index (χ4n) is 2.33. The minimum Gasteiger partial charge on any atom is -0.474 e.